The fraction of sp³-hybridized carbons (Fsp3) is 0. The summed E-state index contributed by atoms with van der Waals surface area (Å²) in [6, 6.07) is 0. The third-order valence-electron chi connectivity index (χ3n) is 0. The molecule has 0 fully saturated rings. The summed E-state index contributed by atoms with van der Waals surface area (Å²) >= 11 is -5.25. The first-order valence-electron chi connectivity index (χ1n) is 0.698. The van der Waals surface area contributed by atoms with Gasteiger partial charge in [-0.2, -0.15) is 0 Å². The van der Waals surface area contributed by atoms with Crippen LogP contribution in [0.2, 0.25) is 0 Å². The molecule has 0 aromatic carbocycles. The molecule has 0 heterocycles. The summed E-state index contributed by atoms with van der Waals surface area (Å²) in [6.07, 6.45) is 0. The van der Waals surface area contributed by atoms with Crippen LogP contribution in [0.1, 0.15) is 0 Å². The van der Waals surface area contributed by atoms with Gasteiger partial charge in [0, 0.05) is 25.8 Å². The van der Waals surface area contributed by atoms with E-state index in [1.165, 1.54) is 0 Å². The maximum absolute atomic E-state index is 8.82. The topological polar surface area (TPSA) is 74.6 Å². The Morgan fingerprint density at radius 1 is 1.17 bits per heavy atom. The molecule has 2 N–H and O–H groups in total. The van der Waals surface area contributed by atoms with Crippen molar-refractivity contribution >= 4 is 39.2 Å². The quantitative estimate of drug-likeness (QED) is 0.488. The van der Waals surface area contributed by atoms with Gasteiger partial charge in [0.2, 0.25) is 0 Å². The van der Waals surface area contributed by atoms with Gasteiger partial charge in [-0.1, -0.05) is 0 Å². The van der Waals surface area contributed by atoms with E-state index in [9.17, 15) is 0 Å². The van der Waals surface area contributed by atoms with Crippen LogP contribution in [0, 0.1) is 0 Å². The van der Waals surface area contributed by atoms with Crippen molar-refractivity contribution in [1.29, 1.82) is 0 Å². The maximum Gasteiger partial charge on any atom is 0 e. The average Bonchev–Trinajstić information content (AvgIpc) is 0.722. The molecule has 0 amide bonds. The second-order valence-electron chi connectivity index (χ2n) is 0.448. The van der Waals surface area contributed by atoms with Crippen LogP contribution in [0.25, 0.3) is 0 Å². The monoisotopic (exact) mass is 261 g/mol. The fourth-order valence-corrected chi connectivity index (χ4v) is 0. The van der Waals surface area contributed by atoms with Crippen molar-refractivity contribution in [2.75, 3.05) is 0 Å². The molecule has 35 valence electrons. The Hall–Kier alpha value is 0.910. The van der Waals surface area contributed by atoms with Gasteiger partial charge in [0.1, 0.15) is 0 Å². The van der Waals surface area contributed by atoms with Crippen molar-refractivity contribution < 1.29 is 16.0 Å². The van der Waals surface area contributed by atoms with Gasteiger partial charge in [0.15, 0.2) is 0 Å². The predicted molar refractivity (Wildman–Crippen MR) is 17.3 cm³/mol. The molecule has 0 aromatic heterocycles. The molecule has 4 nitrogen and oxygen atoms in total. The summed E-state index contributed by atoms with van der Waals surface area (Å²) in [6.45, 7) is 0. The first kappa shape index (κ1) is 10.0. The standard InChI is InChI=1S/In.H2O4Se/c;1-5(2,3)4/h;(H2,1,2,3,4). The summed E-state index contributed by atoms with van der Waals surface area (Å²) in [4.78, 5) is 0. The van der Waals surface area contributed by atoms with Gasteiger partial charge in [0.25, 0.3) is 0 Å². The molecule has 0 aromatic rings. The minimum Gasteiger partial charge on any atom is 0 e. The van der Waals surface area contributed by atoms with Crippen molar-refractivity contribution in [3.05, 3.63) is 0 Å². The molecule has 0 aliphatic rings. The van der Waals surface area contributed by atoms with E-state index in [4.69, 9.17) is 16.0 Å². The molecule has 0 saturated carbocycles. The van der Waals surface area contributed by atoms with Gasteiger partial charge >= 0.3 is 29.4 Å². The maximum atomic E-state index is 8.82. The zero-order chi connectivity index (χ0) is 4.50. The minimum absolute atomic E-state index is 0. The van der Waals surface area contributed by atoms with Crippen LogP contribution < -0.4 is 0 Å². The van der Waals surface area contributed by atoms with Crippen LogP contribution in [0.3, 0.4) is 0 Å². The first-order chi connectivity index (χ1) is 2.00. The molecule has 0 saturated heterocycles. The zero-order valence-electron chi connectivity index (χ0n) is 2.70. The summed E-state index contributed by atoms with van der Waals surface area (Å²) < 4.78 is 31.9. The van der Waals surface area contributed by atoms with Crippen LogP contribution in [0.15, 0.2) is 0 Å². The van der Waals surface area contributed by atoms with Crippen molar-refractivity contribution in [3.63, 3.8) is 0 Å². The molecule has 0 atom stereocenters. The van der Waals surface area contributed by atoms with Gasteiger partial charge in [-0.3, -0.25) is 0 Å². The van der Waals surface area contributed by atoms with Gasteiger partial charge in [-0.15, -0.1) is 0 Å². The molecule has 0 aliphatic carbocycles. The Morgan fingerprint density at radius 2 is 1.17 bits per heavy atom. The smallest absolute Gasteiger partial charge is 0 e. The normalized spacial score (nSPS) is 9.67. The van der Waals surface area contributed by atoms with Crippen molar-refractivity contribution in [2.45, 2.75) is 0 Å². The molecule has 6 heavy (non-hydrogen) atoms. The second-order valence-corrected chi connectivity index (χ2v) is 2.33. The average molecular weight is 260 g/mol. The number of rotatable bonds is 0. The van der Waals surface area contributed by atoms with Crippen molar-refractivity contribution in [3.8, 4) is 0 Å². The third kappa shape index (κ3) is 90.7. The van der Waals surface area contributed by atoms with E-state index in [0.29, 0.717) is 0 Å². The summed E-state index contributed by atoms with van der Waals surface area (Å²) in [5.74, 6) is 0. The molecule has 0 spiro atoms. The summed E-state index contributed by atoms with van der Waals surface area (Å²) in [7, 11) is 0. The molecule has 0 aliphatic heterocycles. The summed E-state index contributed by atoms with van der Waals surface area (Å²) in [5.41, 5.74) is 0. The molecule has 0 unspecified atom stereocenters. The Labute approximate surface area is 55.2 Å². The van der Waals surface area contributed by atoms with Gasteiger partial charge in [0.05, 0.1) is 0 Å². The van der Waals surface area contributed by atoms with Gasteiger partial charge in [-0.25, -0.2) is 0 Å². The predicted octanol–water partition coefficient (Wildman–Crippen LogP) is -2.11. The Bertz CT molecular complexity index is 90.7. The van der Waals surface area contributed by atoms with E-state index in [2.05, 4.69) is 0 Å². The molecule has 0 bridgehead atoms. The molecular formula is H2InO4Se. The van der Waals surface area contributed by atoms with Gasteiger partial charge < -0.3 is 0 Å². The van der Waals surface area contributed by atoms with E-state index in [-0.39, 0.29) is 25.8 Å². The largest absolute Gasteiger partial charge is 0 e. The summed E-state index contributed by atoms with van der Waals surface area (Å²) in [5, 5.41) is 0. The van der Waals surface area contributed by atoms with E-state index in [1.54, 1.807) is 0 Å². The van der Waals surface area contributed by atoms with Crippen LogP contribution in [-0.4, -0.2) is 47.6 Å². The second kappa shape index (κ2) is 2.98. The zero-order valence-corrected chi connectivity index (χ0v) is 7.71. The molecule has 3 radical (unpaired) electrons. The number of hydrogen-bond donors (Lipinski definition) is 2. The fourth-order valence-electron chi connectivity index (χ4n) is 0. The van der Waals surface area contributed by atoms with E-state index in [1.807, 2.05) is 0 Å². The first-order valence-corrected chi connectivity index (χ1v) is 3.63. The minimum atomic E-state index is -5.25. The number of hydrogen-bond acceptors (Lipinski definition) is 2. The van der Waals surface area contributed by atoms with Crippen molar-refractivity contribution in [1.82, 2.24) is 0 Å². The van der Waals surface area contributed by atoms with Crippen LogP contribution in [-0.2, 0) is 7.67 Å². The molecule has 6 heteroatoms. The van der Waals surface area contributed by atoms with Crippen molar-refractivity contribution in [2.24, 2.45) is 0 Å². The van der Waals surface area contributed by atoms with Gasteiger partial charge in [-0.05, 0) is 0 Å². The van der Waals surface area contributed by atoms with E-state index < -0.39 is 13.4 Å². The SMILES string of the molecule is O=[Se](=O)(O)O.[In]. The Morgan fingerprint density at radius 3 is 1.17 bits per heavy atom. The Balaban J connectivity index is 0. The van der Waals surface area contributed by atoms with E-state index in [0.717, 1.165) is 0 Å². The third-order valence-corrected chi connectivity index (χ3v) is 0. The van der Waals surface area contributed by atoms with E-state index >= 15 is 0 Å². The van der Waals surface area contributed by atoms with Crippen LogP contribution in [0.4, 0.5) is 0 Å². The molecular weight excluding hydrogens is 258 g/mol. The van der Waals surface area contributed by atoms with Crippen LogP contribution in [0.5, 0.6) is 0 Å². The Kier molecular flexibility index (Phi) is 4.98. The molecule has 0 rings (SSSR count). The van der Waals surface area contributed by atoms with Crippen LogP contribution >= 0.6 is 0 Å².